The van der Waals surface area contributed by atoms with Gasteiger partial charge in [-0.1, -0.05) is 17.8 Å². The second-order valence-corrected chi connectivity index (χ2v) is 14.9. The highest BCUT2D eigenvalue weighted by atomic mass is 32.2. The number of sulfone groups is 1. The minimum atomic E-state index is -4.02. The first-order valence-electron chi connectivity index (χ1n) is 11.5. The Labute approximate surface area is 231 Å². The Hall–Kier alpha value is -3.25. The van der Waals surface area contributed by atoms with Gasteiger partial charge < -0.3 is 4.74 Å². The van der Waals surface area contributed by atoms with Crippen LogP contribution in [0, 0.1) is 10.1 Å². The summed E-state index contributed by atoms with van der Waals surface area (Å²) in [6.45, 7) is 0.278. The van der Waals surface area contributed by atoms with E-state index in [2.05, 4.69) is 10.3 Å². The number of nitro benzene ring substituents is 1. The van der Waals surface area contributed by atoms with Crippen LogP contribution in [0.25, 0.3) is 0 Å². The van der Waals surface area contributed by atoms with Crippen molar-refractivity contribution in [3.63, 3.8) is 0 Å². The molecule has 39 heavy (non-hydrogen) atoms. The van der Waals surface area contributed by atoms with Gasteiger partial charge in [-0.2, -0.15) is 4.31 Å². The molecule has 13 nitrogen and oxygen atoms in total. The Morgan fingerprint density at radius 1 is 1.00 bits per heavy atom. The maximum Gasteiger partial charge on any atom is 0.311 e. The molecule has 2 aromatic heterocycles. The van der Waals surface area contributed by atoms with Crippen molar-refractivity contribution < 1.29 is 36.1 Å². The molecule has 1 aliphatic heterocycles. The number of nitro groups is 1. The number of nitrogens with zero attached hydrogens (tertiary/aromatic N) is 3. The number of ether oxygens (including phenoxy) is 1. The van der Waals surface area contributed by atoms with Gasteiger partial charge in [-0.15, -0.1) is 11.3 Å². The zero-order valence-electron chi connectivity index (χ0n) is 20.1. The zero-order chi connectivity index (χ0) is 28.2. The zero-order valence-corrected chi connectivity index (χ0v) is 23.4. The number of piperidine rings is 1. The molecule has 0 spiro atoms. The number of hydrogen-bond acceptors (Lipinski definition) is 12. The van der Waals surface area contributed by atoms with Gasteiger partial charge in [-0.25, -0.2) is 21.8 Å². The third kappa shape index (κ3) is 6.85. The van der Waals surface area contributed by atoms with E-state index in [1.165, 1.54) is 16.4 Å². The molecule has 0 bridgehead atoms. The lowest BCUT2D eigenvalue weighted by Gasteiger charge is -2.25. The molecule has 0 unspecified atom stereocenters. The van der Waals surface area contributed by atoms with Gasteiger partial charge in [-0.05, 0) is 37.1 Å². The summed E-state index contributed by atoms with van der Waals surface area (Å²) in [5, 5.41) is 13.1. The standard InChI is InChI=1S/C22H22N4O9S4/c27-18(24-22-23-13-21(37-22)38(31,32)17-7-4-15(5-8-17)26(29)30)14-35-19(28)12-16-6-9-20(36-16)39(33,34)25-10-2-1-3-11-25/h4-9,13H,1-3,10-12,14H2,(H,23,24,27). The predicted molar refractivity (Wildman–Crippen MR) is 141 cm³/mol. The fraction of sp³-hybridized carbons (Fsp3) is 0.318. The SMILES string of the molecule is O=C(COC(=O)Cc1ccc(S(=O)(=O)N2CCCCC2)s1)Nc1ncc(S(=O)(=O)c2ccc([N+](=O)[O-])cc2)s1. The molecule has 0 radical (unpaired) electrons. The molecule has 1 fully saturated rings. The average molecular weight is 615 g/mol. The highest BCUT2D eigenvalue weighted by Crippen LogP contribution is 2.30. The lowest BCUT2D eigenvalue weighted by Crippen LogP contribution is -2.35. The van der Waals surface area contributed by atoms with E-state index < -0.39 is 43.3 Å². The summed E-state index contributed by atoms with van der Waals surface area (Å²) in [5.74, 6) is -1.49. The number of rotatable bonds is 10. The number of non-ortho nitro benzene ring substituents is 1. The maximum absolute atomic E-state index is 12.8. The summed E-state index contributed by atoms with van der Waals surface area (Å²) in [7, 11) is -7.63. The molecule has 3 heterocycles. The van der Waals surface area contributed by atoms with E-state index in [9.17, 15) is 36.5 Å². The highest BCUT2D eigenvalue weighted by molar-refractivity contribution is 7.93. The molecule has 1 saturated heterocycles. The van der Waals surface area contributed by atoms with Crippen molar-refractivity contribution in [1.29, 1.82) is 0 Å². The van der Waals surface area contributed by atoms with E-state index >= 15 is 0 Å². The van der Waals surface area contributed by atoms with Gasteiger partial charge >= 0.3 is 5.97 Å². The van der Waals surface area contributed by atoms with E-state index in [0.717, 1.165) is 61.1 Å². The van der Waals surface area contributed by atoms with Crippen molar-refractivity contribution >= 4 is 65.2 Å². The molecular formula is C22H22N4O9S4. The van der Waals surface area contributed by atoms with Crippen LogP contribution in [0.3, 0.4) is 0 Å². The van der Waals surface area contributed by atoms with Gasteiger partial charge in [-0.3, -0.25) is 25.0 Å². The van der Waals surface area contributed by atoms with Crippen molar-refractivity contribution in [2.24, 2.45) is 0 Å². The normalized spacial score (nSPS) is 14.6. The first-order valence-corrected chi connectivity index (χ1v) is 16.0. The topological polar surface area (TPSA) is 183 Å². The summed E-state index contributed by atoms with van der Waals surface area (Å²) in [6.07, 6.45) is 3.43. The van der Waals surface area contributed by atoms with Crippen molar-refractivity contribution in [3.8, 4) is 0 Å². The van der Waals surface area contributed by atoms with Gasteiger partial charge in [0.25, 0.3) is 21.6 Å². The fourth-order valence-electron chi connectivity index (χ4n) is 3.62. The number of benzene rings is 1. The van der Waals surface area contributed by atoms with Gasteiger partial charge in [0.05, 0.1) is 22.4 Å². The van der Waals surface area contributed by atoms with Crippen LogP contribution in [0.5, 0.6) is 0 Å². The van der Waals surface area contributed by atoms with Crippen LogP contribution in [-0.4, -0.2) is 62.6 Å². The number of thiophene rings is 1. The maximum atomic E-state index is 12.8. The number of hydrogen-bond donors (Lipinski definition) is 1. The molecule has 3 aromatic rings. The van der Waals surface area contributed by atoms with E-state index in [4.69, 9.17) is 4.74 Å². The highest BCUT2D eigenvalue weighted by Gasteiger charge is 2.28. The minimum absolute atomic E-state index is 0.0534. The molecule has 0 atom stereocenters. The van der Waals surface area contributed by atoms with Crippen molar-refractivity contribution in [3.05, 3.63) is 57.6 Å². The summed E-state index contributed by atoms with van der Waals surface area (Å²) in [5.41, 5.74) is -0.261. The Morgan fingerprint density at radius 3 is 2.36 bits per heavy atom. The largest absolute Gasteiger partial charge is 0.455 e. The van der Waals surface area contributed by atoms with Crippen molar-refractivity contribution in [1.82, 2.24) is 9.29 Å². The second kappa shape index (κ2) is 11.9. The van der Waals surface area contributed by atoms with Crippen LogP contribution >= 0.6 is 22.7 Å². The molecule has 1 aliphatic rings. The smallest absolute Gasteiger partial charge is 0.311 e. The Bertz CT molecular complexity index is 1590. The van der Waals surface area contributed by atoms with Crippen LogP contribution in [-0.2, 0) is 40.6 Å². The van der Waals surface area contributed by atoms with E-state index in [0.29, 0.717) is 29.3 Å². The fourth-order valence-corrected chi connectivity index (χ4v) is 9.08. The summed E-state index contributed by atoms with van der Waals surface area (Å²) < 4.78 is 57.3. The van der Waals surface area contributed by atoms with E-state index in [1.807, 2.05) is 0 Å². The van der Waals surface area contributed by atoms with Crippen molar-refractivity contribution in [2.45, 2.75) is 39.0 Å². The lowest BCUT2D eigenvalue weighted by atomic mass is 10.2. The molecule has 17 heteroatoms. The lowest BCUT2D eigenvalue weighted by molar-refractivity contribution is -0.384. The molecular weight excluding hydrogens is 593 g/mol. The first-order chi connectivity index (χ1) is 18.5. The molecule has 4 rings (SSSR count). The Balaban J connectivity index is 1.29. The number of carbonyl (C=O) groups is 2. The molecule has 208 valence electrons. The third-order valence-corrected chi connectivity index (χ3v) is 12.2. The van der Waals surface area contributed by atoms with Gasteiger partial charge in [0.2, 0.25) is 9.84 Å². The van der Waals surface area contributed by atoms with Gasteiger partial charge in [0, 0.05) is 30.1 Å². The molecule has 1 N–H and O–H groups in total. The minimum Gasteiger partial charge on any atom is -0.455 e. The number of anilines is 1. The Kier molecular flexibility index (Phi) is 8.75. The van der Waals surface area contributed by atoms with Crippen LogP contribution in [0.1, 0.15) is 24.1 Å². The van der Waals surface area contributed by atoms with Gasteiger partial charge in [0.15, 0.2) is 11.7 Å². The summed E-state index contributed by atoms with van der Waals surface area (Å²) in [6, 6.07) is 7.32. The second-order valence-electron chi connectivity index (χ2n) is 8.31. The van der Waals surface area contributed by atoms with Crippen LogP contribution in [0.15, 0.2) is 55.9 Å². The number of carbonyl (C=O) groups excluding carboxylic acids is 2. The average Bonchev–Trinajstić information content (AvgIpc) is 3.59. The van der Waals surface area contributed by atoms with Crippen LogP contribution in [0.2, 0.25) is 0 Å². The van der Waals surface area contributed by atoms with E-state index in [-0.39, 0.29) is 30.6 Å². The molecule has 1 aromatic carbocycles. The number of sulfonamides is 1. The predicted octanol–water partition coefficient (Wildman–Crippen LogP) is 2.84. The number of esters is 1. The summed E-state index contributed by atoms with van der Waals surface area (Å²) in [4.78, 5) is 38.7. The Morgan fingerprint density at radius 2 is 1.69 bits per heavy atom. The monoisotopic (exact) mass is 614 g/mol. The first kappa shape index (κ1) is 28.8. The van der Waals surface area contributed by atoms with E-state index in [1.54, 1.807) is 0 Å². The van der Waals surface area contributed by atoms with Crippen LogP contribution < -0.4 is 5.32 Å². The quantitative estimate of drug-likeness (QED) is 0.202. The van der Waals surface area contributed by atoms with Gasteiger partial charge in [0.1, 0.15) is 8.42 Å². The summed E-state index contributed by atoms with van der Waals surface area (Å²) >= 11 is 1.64. The number of nitrogens with one attached hydrogen (secondary N) is 1. The number of amides is 1. The molecule has 0 saturated carbocycles. The van der Waals surface area contributed by atoms with Crippen molar-refractivity contribution in [2.75, 3.05) is 25.0 Å². The molecule has 1 amide bonds. The number of aromatic nitrogens is 1. The van der Waals surface area contributed by atoms with Crippen LogP contribution in [0.4, 0.5) is 10.8 Å². The third-order valence-electron chi connectivity index (χ3n) is 5.58. The molecule has 0 aliphatic carbocycles. The number of thiazole rings is 1.